The van der Waals surface area contributed by atoms with Crippen LogP contribution in [0.3, 0.4) is 0 Å². The predicted molar refractivity (Wildman–Crippen MR) is 69.5 cm³/mol. The van der Waals surface area contributed by atoms with Gasteiger partial charge in [-0.3, -0.25) is 0 Å². The van der Waals surface area contributed by atoms with Crippen molar-refractivity contribution in [2.24, 2.45) is 5.92 Å². The molecule has 3 nitrogen and oxygen atoms in total. The highest BCUT2D eigenvalue weighted by Crippen LogP contribution is 2.23. The second-order valence-electron chi connectivity index (χ2n) is 4.79. The third-order valence-corrected chi connectivity index (χ3v) is 3.45. The molecule has 0 aromatic heterocycles. The third-order valence-electron chi connectivity index (χ3n) is 3.45. The second-order valence-corrected chi connectivity index (χ2v) is 4.79. The van der Waals surface area contributed by atoms with Gasteiger partial charge in [-0.1, -0.05) is 6.92 Å². The van der Waals surface area contributed by atoms with Crippen LogP contribution in [0.1, 0.15) is 13.3 Å². The molecule has 1 aliphatic heterocycles. The summed E-state index contributed by atoms with van der Waals surface area (Å²) < 4.78 is 27.1. The summed E-state index contributed by atoms with van der Waals surface area (Å²) in [7, 11) is 0. The minimum Gasteiger partial charge on any atom is -0.399 e. The average molecular weight is 255 g/mol. The van der Waals surface area contributed by atoms with E-state index in [1.807, 2.05) is 0 Å². The topological polar surface area (TPSA) is 41.3 Å². The van der Waals surface area contributed by atoms with Crippen LogP contribution in [0.25, 0.3) is 0 Å². The molecular weight excluding hydrogens is 236 g/mol. The molecule has 1 saturated heterocycles. The Hall–Kier alpha value is -1.36. The van der Waals surface area contributed by atoms with Crippen molar-refractivity contribution in [2.45, 2.75) is 13.3 Å². The maximum atomic E-state index is 13.5. The number of nitrogens with two attached hydrogens (primary N) is 1. The Bertz CT molecular complexity index is 400. The third kappa shape index (κ3) is 2.90. The lowest BCUT2D eigenvalue weighted by Gasteiger charge is -2.15. The lowest BCUT2D eigenvalue weighted by molar-refractivity contribution is 0.345. The van der Waals surface area contributed by atoms with Crippen LogP contribution >= 0.6 is 0 Å². The van der Waals surface area contributed by atoms with Gasteiger partial charge in [-0.2, -0.15) is 0 Å². The first kappa shape index (κ1) is 13.1. The molecule has 1 heterocycles. The lowest BCUT2D eigenvalue weighted by atomic mass is 10.1. The van der Waals surface area contributed by atoms with Crippen LogP contribution in [0.2, 0.25) is 0 Å². The Morgan fingerprint density at radius 3 is 2.61 bits per heavy atom. The van der Waals surface area contributed by atoms with Crippen LogP contribution in [-0.2, 0) is 0 Å². The highest BCUT2D eigenvalue weighted by atomic mass is 19.1. The van der Waals surface area contributed by atoms with Crippen LogP contribution in [0.15, 0.2) is 12.1 Å². The van der Waals surface area contributed by atoms with E-state index >= 15 is 0 Å². The van der Waals surface area contributed by atoms with Gasteiger partial charge in [0.15, 0.2) is 11.6 Å². The Morgan fingerprint density at radius 2 is 2.06 bits per heavy atom. The monoisotopic (exact) mass is 255 g/mol. The van der Waals surface area contributed by atoms with Crippen molar-refractivity contribution in [1.82, 2.24) is 4.90 Å². The Kier molecular flexibility index (Phi) is 4.01. The molecule has 1 aromatic rings. The number of halogens is 2. The Labute approximate surface area is 106 Å². The van der Waals surface area contributed by atoms with Crippen LogP contribution in [-0.4, -0.2) is 31.1 Å². The van der Waals surface area contributed by atoms with Crippen molar-refractivity contribution in [2.75, 3.05) is 37.2 Å². The van der Waals surface area contributed by atoms with Gasteiger partial charge in [0.05, 0.1) is 0 Å². The molecule has 5 heteroatoms. The summed E-state index contributed by atoms with van der Waals surface area (Å²) in [5.41, 5.74) is 5.40. The fourth-order valence-corrected chi connectivity index (χ4v) is 2.37. The van der Waals surface area contributed by atoms with Gasteiger partial charge in [-0.15, -0.1) is 0 Å². The van der Waals surface area contributed by atoms with Crippen LogP contribution in [0.4, 0.5) is 20.2 Å². The normalized spacial score (nSPS) is 20.3. The van der Waals surface area contributed by atoms with Gasteiger partial charge < -0.3 is 16.0 Å². The summed E-state index contributed by atoms with van der Waals surface area (Å²) in [6.07, 6.45) is 1.07. The number of anilines is 2. The van der Waals surface area contributed by atoms with E-state index < -0.39 is 11.6 Å². The minimum atomic E-state index is -0.627. The number of benzene rings is 1. The largest absolute Gasteiger partial charge is 0.399 e. The van der Waals surface area contributed by atoms with Crippen LogP contribution < -0.4 is 11.1 Å². The molecule has 0 amide bonds. The van der Waals surface area contributed by atoms with E-state index in [4.69, 9.17) is 5.73 Å². The Morgan fingerprint density at radius 1 is 1.39 bits per heavy atom. The number of rotatable bonds is 4. The Balaban J connectivity index is 1.95. The number of likely N-dealkylation sites (tertiary alicyclic amines) is 1. The summed E-state index contributed by atoms with van der Waals surface area (Å²) in [4.78, 5) is 2.34. The van der Waals surface area contributed by atoms with Crippen LogP contribution in [0, 0.1) is 17.6 Å². The van der Waals surface area contributed by atoms with Gasteiger partial charge in [0.25, 0.3) is 0 Å². The molecule has 0 bridgehead atoms. The maximum absolute atomic E-state index is 13.5. The molecule has 1 unspecified atom stereocenters. The molecule has 2 rings (SSSR count). The quantitative estimate of drug-likeness (QED) is 0.811. The lowest BCUT2D eigenvalue weighted by Crippen LogP contribution is -2.22. The number of hydrogen-bond acceptors (Lipinski definition) is 3. The van der Waals surface area contributed by atoms with Gasteiger partial charge in [0.1, 0.15) is 5.69 Å². The van der Waals surface area contributed by atoms with E-state index in [1.54, 1.807) is 0 Å². The molecule has 3 N–H and O–H groups in total. The average Bonchev–Trinajstić information content (AvgIpc) is 2.75. The fourth-order valence-electron chi connectivity index (χ4n) is 2.37. The molecule has 0 radical (unpaired) electrons. The highest BCUT2D eigenvalue weighted by Gasteiger charge is 2.21. The van der Waals surface area contributed by atoms with Crippen molar-refractivity contribution in [3.05, 3.63) is 23.8 Å². The SMILES string of the molecule is CCN1CCC(CNc2c(F)cc(N)cc2F)C1. The second kappa shape index (κ2) is 5.52. The van der Waals surface area contributed by atoms with Gasteiger partial charge in [0.2, 0.25) is 0 Å². The smallest absolute Gasteiger partial charge is 0.151 e. The zero-order valence-corrected chi connectivity index (χ0v) is 10.5. The van der Waals surface area contributed by atoms with Crippen molar-refractivity contribution >= 4 is 11.4 Å². The van der Waals surface area contributed by atoms with Gasteiger partial charge in [0, 0.05) is 18.8 Å². The zero-order chi connectivity index (χ0) is 13.1. The molecule has 0 spiro atoms. The standard InChI is InChI=1S/C13H19F2N3/c1-2-18-4-3-9(8-18)7-17-13-11(14)5-10(16)6-12(13)15/h5-6,9,17H,2-4,7-8,16H2,1H3. The van der Waals surface area contributed by atoms with E-state index in [0.29, 0.717) is 12.5 Å². The summed E-state index contributed by atoms with van der Waals surface area (Å²) in [5, 5.41) is 2.86. The molecule has 1 atom stereocenters. The molecule has 1 fully saturated rings. The van der Waals surface area contributed by atoms with Crippen LogP contribution in [0.5, 0.6) is 0 Å². The number of nitrogens with one attached hydrogen (secondary N) is 1. The first-order valence-corrected chi connectivity index (χ1v) is 6.31. The molecule has 1 aromatic carbocycles. The summed E-state index contributed by atoms with van der Waals surface area (Å²) in [5.74, 6) is -0.808. The maximum Gasteiger partial charge on any atom is 0.151 e. The molecule has 0 saturated carbocycles. The summed E-state index contributed by atoms with van der Waals surface area (Å²) >= 11 is 0. The van der Waals surface area contributed by atoms with E-state index in [-0.39, 0.29) is 11.4 Å². The molecule has 18 heavy (non-hydrogen) atoms. The fraction of sp³-hybridized carbons (Fsp3) is 0.538. The zero-order valence-electron chi connectivity index (χ0n) is 10.5. The molecule has 100 valence electrons. The summed E-state index contributed by atoms with van der Waals surface area (Å²) in [6.45, 7) is 5.79. The van der Waals surface area contributed by atoms with E-state index in [1.165, 1.54) is 0 Å². The van der Waals surface area contributed by atoms with Crippen molar-refractivity contribution < 1.29 is 8.78 Å². The molecule has 0 aliphatic carbocycles. The van der Waals surface area contributed by atoms with Gasteiger partial charge >= 0.3 is 0 Å². The summed E-state index contributed by atoms with van der Waals surface area (Å²) in [6, 6.07) is 2.27. The number of nitrogens with zero attached hydrogens (tertiary/aromatic N) is 1. The molecule has 1 aliphatic rings. The number of hydrogen-bond donors (Lipinski definition) is 2. The van der Waals surface area contributed by atoms with Crippen molar-refractivity contribution in [3.8, 4) is 0 Å². The predicted octanol–water partition coefficient (Wildman–Crippen LogP) is 2.30. The first-order valence-electron chi connectivity index (χ1n) is 6.31. The van der Waals surface area contributed by atoms with Gasteiger partial charge in [-0.25, -0.2) is 8.78 Å². The van der Waals surface area contributed by atoms with Crippen molar-refractivity contribution in [3.63, 3.8) is 0 Å². The van der Waals surface area contributed by atoms with Gasteiger partial charge in [-0.05, 0) is 37.6 Å². The molecular formula is C13H19F2N3. The van der Waals surface area contributed by atoms with E-state index in [2.05, 4.69) is 17.1 Å². The number of nitrogen functional groups attached to an aromatic ring is 1. The highest BCUT2D eigenvalue weighted by molar-refractivity contribution is 5.54. The van der Waals surface area contributed by atoms with Crippen molar-refractivity contribution in [1.29, 1.82) is 0 Å². The van der Waals surface area contributed by atoms with E-state index in [9.17, 15) is 8.78 Å². The first-order chi connectivity index (χ1) is 8.60. The van der Waals surface area contributed by atoms with E-state index in [0.717, 1.165) is 38.2 Å². The minimum absolute atomic E-state index is 0.0702.